The smallest absolute Gasteiger partial charge is 0.229 e. The first-order valence-electron chi connectivity index (χ1n) is 4.26. The molecule has 1 amide bonds. The first-order chi connectivity index (χ1) is 5.95. The third-order valence-corrected chi connectivity index (χ3v) is 3.15. The van der Waals surface area contributed by atoms with Crippen molar-refractivity contribution in [2.24, 2.45) is 5.41 Å². The van der Waals surface area contributed by atoms with Crippen LogP contribution in [0.4, 0.5) is 0 Å². The number of carbonyl (C=O) groups is 1. The molecule has 2 nitrogen and oxygen atoms in total. The number of alkyl halides is 1. The number of amides is 1. The van der Waals surface area contributed by atoms with E-state index < -0.39 is 5.41 Å². The van der Waals surface area contributed by atoms with Crippen molar-refractivity contribution in [3.63, 3.8) is 0 Å². The van der Waals surface area contributed by atoms with E-state index in [4.69, 9.17) is 11.6 Å². The van der Waals surface area contributed by atoms with E-state index in [1.54, 1.807) is 16.7 Å². The zero-order chi connectivity index (χ0) is 10.5. The Morgan fingerprint density at radius 3 is 2.46 bits per heavy atom. The van der Waals surface area contributed by atoms with Crippen molar-refractivity contribution in [2.75, 3.05) is 31.5 Å². The van der Waals surface area contributed by atoms with Gasteiger partial charge in [-0.3, -0.25) is 4.79 Å². The van der Waals surface area contributed by atoms with Gasteiger partial charge in [-0.25, -0.2) is 0 Å². The Bertz CT molecular complexity index is 173. The zero-order valence-corrected chi connectivity index (χ0v) is 10.3. The molecule has 0 radical (unpaired) electrons. The van der Waals surface area contributed by atoms with Gasteiger partial charge in [-0.2, -0.15) is 11.8 Å². The Kier molecular flexibility index (Phi) is 5.81. The molecule has 13 heavy (non-hydrogen) atoms. The molecular formula is C9H18ClNOS. The summed E-state index contributed by atoms with van der Waals surface area (Å²) >= 11 is 7.45. The van der Waals surface area contributed by atoms with E-state index in [2.05, 4.69) is 0 Å². The summed E-state index contributed by atoms with van der Waals surface area (Å²) in [6.45, 7) is 4.54. The van der Waals surface area contributed by atoms with Gasteiger partial charge in [0.2, 0.25) is 5.91 Å². The number of hydrogen-bond acceptors (Lipinski definition) is 2. The van der Waals surface area contributed by atoms with E-state index in [1.165, 1.54) is 0 Å². The lowest BCUT2D eigenvalue weighted by Gasteiger charge is -2.27. The number of rotatable bonds is 5. The zero-order valence-electron chi connectivity index (χ0n) is 8.76. The van der Waals surface area contributed by atoms with E-state index in [0.717, 1.165) is 12.3 Å². The molecule has 0 aromatic carbocycles. The molecule has 0 aliphatic heterocycles. The second-order valence-corrected chi connectivity index (χ2v) is 4.99. The summed E-state index contributed by atoms with van der Waals surface area (Å²) in [6, 6.07) is 0. The lowest BCUT2D eigenvalue weighted by molar-refractivity contribution is -0.137. The standard InChI is InChI=1S/C9H18ClNOS/c1-9(2,7-10)8(12)11(3)5-6-13-4/h5-7H2,1-4H3. The molecule has 0 atom stereocenters. The van der Waals surface area contributed by atoms with Crippen molar-refractivity contribution < 1.29 is 4.79 Å². The Morgan fingerprint density at radius 1 is 1.54 bits per heavy atom. The first kappa shape index (κ1) is 13.1. The quantitative estimate of drug-likeness (QED) is 0.666. The number of nitrogens with zero attached hydrogens (tertiary/aromatic N) is 1. The summed E-state index contributed by atoms with van der Waals surface area (Å²) in [7, 11) is 1.83. The fourth-order valence-electron chi connectivity index (χ4n) is 0.904. The highest BCUT2D eigenvalue weighted by molar-refractivity contribution is 7.98. The van der Waals surface area contributed by atoms with Gasteiger partial charge in [-0.05, 0) is 20.1 Å². The molecule has 0 spiro atoms. The maximum absolute atomic E-state index is 11.7. The van der Waals surface area contributed by atoms with Crippen molar-refractivity contribution in [1.29, 1.82) is 0 Å². The minimum absolute atomic E-state index is 0.122. The molecule has 0 aliphatic rings. The van der Waals surface area contributed by atoms with Gasteiger partial charge in [0.05, 0.1) is 5.41 Å². The van der Waals surface area contributed by atoms with Crippen LogP contribution in [-0.4, -0.2) is 42.3 Å². The first-order valence-corrected chi connectivity index (χ1v) is 6.19. The summed E-state index contributed by atoms with van der Waals surface area (Å²) < 4.78 is 0. The lowest BCUT2D eigenvalue weighted by Crippen LogP contribution is -2.40. The van der Waals surface area contributed by atoms with Gasteiger partial charge in [0, 0.05) is 25.2 Å². The number of halogens is 1. The molecule has 0 bridgehead atoms. The van der Waals surface area contributed by atoms with E-state index >= 15 is 0 Å². The molecule has 0 heterocycles. The van der Waals surface area contributed by atoms with Crippen LogP contribution in [0.5, 0.6) is 0 Å². The summed E-state index contributed by atoms with van der Waals surface area (Å²) in [5, 5.41) is 0. The van der Waals surface area contributed by atoms with Crippen LogP contribution in [0, 0.1) is 5.41 Å². The van der Waals surface area contributed by atoms with Gasteiger partial charge in [0.25, 0.3) is 0 Å². The Morgan fingerprint density at radius 2 is 2.08 bits per heavy atom. The molecule has 0 N–H and O–H groups in total. The highest BCUT2D eigenvalue weighted by Crippen LogP contribution is 2.19. The molecule has 0 aromatic rings. The van der Waals surface area contributed by atoms with E-state index in [0.29, 0.717) is 5.88 Å². The molecule has 0 aromatic heterocycles. The highest BCUT2D eigenvalue weighted by atomic mass is 35.5. The van der Waals surface area contributed by atoms with E-state index in [-0.39, 0.29) is 5.91 Å². The predicted molar refractivity (Wildman–Crippen MR) is 60.5 cm³/mol. The largest absolute Gasteiger partial charge is 0.344 e. The van der Waals surface area contributed by atoms with Crippen molar-refractivity contribution in [1.82, 2.24) is 4.90 Å². The normalized spacial score (nSPS) is 11.5. The number of hydrogen-bond donors (Lipinski definition) is 0. The van der Waals surface area contributed by atoms with Gasteiger partial charge in [-0.1, -0.05) is 0 Å². The van der Waals surface area contributed by atoms with Crippen LogP contribution in [0.25, 0.3) is 0 Å². The van der Waals surface area contributed by atoms with E-state index in [1.807, 2.05) is 27.2 Å². The minimum Gasteiger partial charge on any atom is -0.344 e. The van der Waals surface area contributed by atoms with Crippen LogP contribution in [0.15, 0.2) is 0 Å². The van der Waals surface area contributed by atoms with Gasteiger partial charge < -0.3 is 4.90 Å². The van der Waals surface area contributed by atoms with Gasteiger partial charge >= 0.3 is 0 Å². The Hall–Kier alpha value is 0.110. The Balaban J connectivity index is 4.09. The van der Waals surface area contributed by atoms with Crippen molar-refractivity contribution in [3.8, 4) is 0 Å². The lowest BCUT2D eigenvalue weighted by atomic mass is 9.94. The molecular weight excluding hydrogens is 206 g/mol. The number of carbonyl (C=O) groups excluding carboxylic acids is 1. The van der Waals surface area contributed by atoms with Gasteiger partial charge in [-0.15, -0.1) is 11.6 Å². The van der Waals surface area contributed by atoms with Crippen molar-refractivity contribution in [2.45, 2.75) is 13.8 Å². The molecule has 0 saturated carbocycles. The van der Waals surface area contributed by atoms with Gasteiger partial charge in [0.15, 0.2) is 0 Å². The fourth-order valence-corrected chi connectivity index (χ4v) is 1.47. The number of thioether (sulfide) groups is 1. The molecule has 0 saturated heterocycles. The minimum atomic E-state index is -0.436. The summed E-state index contributed by atoms with van der Waals surface area (Å²) in [5.74, 6) is 1.47. The maximum atomic E-state index is 11.7. The monoisotopic (exact) mass is 223 g/mol. The average molecular weight is 224 g/mol. The third kappa shape index (κ3) is 4.23. The van der Waals surface area contributed by atoms with Crippen LogP contribution in [0.3, 0.4) is 0 Å². The summed E-state index contributed by atoms with van der Waals surface area (Å²) in [5.41, 5.74) is -0.436. The van der Waals surface area contributed by atoms with Crippen LogP contribution in [0.1, 0.15) is 13.8 Å². The van der Waals surface area contributed by atoms with Crippen LogP contribution >= 0.6 is 23.4 Å². The molecule has 0 unspecified atom stereocenters. The predicted octanol–water partition coefficient (Wildman–Crippen LogP) is 2.07. The molecule has 0 fully saturated rings. The van der Waals surface area contributed by atoms with Crippen molar-refractivity contribution >= 4 is 29.3 Å². The van der Waals surface area contributed by atoms with Crippen LogP contribution < -0.4 is 0 Å². The topological polar surface area (TPSA) is 20.3 Å². The highest BCUT2D eigenvalue weighted by Gasteiger charge is 2.28. The molecule has 4 heteroatoms. The Labute approximate surface area is 90.0 Å². The molecule has 78 valence electrons. The fraction of sp³-hybridized carbons (Fsp3) is 0.889. The average Bonchev–Trinajstić information content (AvgIpc) is 2.12. The van der Waals surface area contributed by atoms with E-state index in [9.17, 15) is 4.79 Å². The second kappa shape index (κ2) is 5.76. The third-order valence-electron chi connectivity index (χ3n) is 1.89. The second-order valence-electron chi connectivity index (χ2n) is 3.74. The van der Waals surface area contributed by atoms with Gasteiger partial charge in [0.1, 0.15) is 0 Å². The summed E-state index contributed by atoms with van der Waals surface area (Å²) in [4.78, 5) is 13.5. The van der Waals surface area contributed by atoms with Crippen LogP contribution in [-0.2, 0) is 4.79 Å². The maximum Gasteiger partial charge on any atom is 0.229 e. The summed E-state index contributed by atoms with van der Waals surface area (Å²) in [6.07, 6.45) is 2.03. The molecule has 0 rings (SSSR count). The van der Waals surface area contributed by atoms with Crippen LogP contribution in [0.2, 0.25) is 0 Å². The van der Waals surface area contributed by atoms with Crippen molar-refractivity contribution in [3.05, 3.63) is 0 Å². The molecule has 0 aliphatic carbocycles. The SMILES string of the molecule is CSCCN(C)C(=O)C(C)(C)CCl.